The van der Waals surface area contributed by atoms with Gasteiger partial charge in [-0.3, -0.25) is 4.79 Å². The molecule has 0 saturated heterocycles. The van der Waals surface area contributed by atoms with E-state index >= 15 is 0 Å². The second-order valence-electron chi connectivity index (χ2n) is 6.68. The number of carbonyl (C=O) groups excluding carboxylic acids is 2. The summed E-state index contributed by atoms with van der Waals surface area (Å²) in [5, 5.41) is 2.77. The summed E-state index contributed by atoms with van der Waals surface area (Å²) in [7, 11) is -3.59. The first kappa shape index (κ1) is 21.6. The molecule has 28 heavy (non-hydrogen) atoms. The SMILES string of the molecule is CCS(=O)(=O)c1ccccc1C(=O)O[C@H](C)C(=O)Nc1ccccc1C(C)C. The van der Waals surface area contributed by atoms with Crippen molar-refractivity contribution in [1.82, 2.24) is 0 Å². The first-order valence-electron chi connectivity index (χ1n) is 9.10. The second-order valence-corrected chi connectivity index (χ2v) is 8.92. The molecule has 6 nitrogen and oxygen atoms in total. The number of rotatable bonds is 7. The lowest BCUT2D eigenvalue weighted by atomic mass is 10.0. The highest BCUT2D eigenvalue weighted by atomic mass is 32.2. The van der Waals surface area contributed by atoms with Crippen LogP contribution in [0.15, 0.2) is 53.4 Å². The fourth-order valence-electron chi connectivity index (χ4n) is 2.69. The average Bonchev–Trinajstić information content (AvgIpc) is 2.68. The number of hydrogen-bond donors (Lipinski definition) is 1. The van der Waals surface area contributed by atoms with Crippen LogP contribution in [0.3, 0.4) is 0 Å². The van der Waals surface area contributed by atoms with E-state index in [1.807, 2.05) is 32.0 Å². The Morgan fingerprint density at radius 3 is 2.25 bits per heavy atom. The number of anilines is 1. The normalized spacial score (nSPS) is 12.5. The van der Waals surface area contributed by atoms with Gasteiger partial charge in [0.2, 0.25) is 0 Å². The van der Waals surface area contributed by atoms with Gasteiger partial charge in [-0.2, -0.15) is 0 Å². The molecule has 0 radical (unpaired) electrons. The molecule has 0 aliphatic heterocycles. The maximum absolute atomic E-state index is 12.5. The van der Waals surface area contributed by atoms with Gasteiger partial charge in [0.1, 0.15) is 0 Å². The Labute approximate surface area is 165 Å². The minimum atomic E-state index is -3.59. The predicted octanol–water partition coefficient (Wildman–Crippen LogP) is 3.79. The third kappa shape index (κ3) is 4.98. The van der Waals surface area contributed by atoms with Crippen LogP contribution in [-0.2, 0) is 19.4 Å². The predicted molar refractivity (Wildman–Crippen MR) is 108 cm³/mol. The molecule has 0 saturated carbocycles. The highest BCUT2D eigenvalue weighted by Crippen LogP contribution is 2.24. The number of nitrogens with one attached hydrogen (secondary N) is 1. The number of sulfone groups is 1. The topological polar surface area (TPSA) is 89.5 Å². The van der Waals surface area contributed by atoms with Crippen LogP contribution in [0.25, 0.3) is 0 Å². The lowest BCUT2D eigenvalue weighted by Crippen LogP contribution is -2.30. The number of hydrogen-bond acceptors (Lipinski definition) is 5. The first-order chi connectivity index (χ1) is 13.2. The number of esters is 1. The van der Waals surface area contributed by atoms with Gasteiger partial charge in [0, 0.05) is 5.69 Å². The summed E-state index contributed by atoms with van der Waals surface area (Å²) in [6.07, 6.45) is -1.09. The van der Waals surface area contributed by atoms with Crippen LogP contribution in [0.2, 0.25) is 0 Å². The van der Waals surface area contributed by atoms with E-state index in [9.17, 15) is 18.0 Å². The lowest BCUT2D eigenvalue weighted by Gasteiger charge is -2.17. The molecule has 0 aromatic heterocycles. The molecule has 0 fully saturated rings. The van der Waals surface area contributed by atoms with E-state index in [2.05, 4.69) is 5.32 Å². The van der Waals surface area contributed by atoms with Crippen molar-refractivity contribution in [1.29, 1.82) is 0 Å². The Kier molecular flexibility index (Phi) is 6.96. The fraction of sp³-hybridized carbons (Fsp3) is 0.333. The van der Waals surface area contributed by atoms with Crippen molar-refractivity contribution in [3.05, 3.63) is 59.7 Å². The minimum absolute atomic E-state index is 0.0772. The van der Waals surface area contributed by atoms with E-state index in [1.165, 1.54) is 32.0 Å². The Balaban J connectivity index is 2.17. The highest BCUT2D eigenvalue weighted by molar-refractivity contribution is 7.91. The zero-order valence-corrected chi connectivity index (χ0v) is 17.2. The van der Waals surface area contributed by atoms with Crippen molar-refractivity contribution in [2.75, 3.05) is 11.1 Å². The van der Waals surface area contributed by atoms with Crippen LogP contribution in [0.5, 0.6) is 0 Å². The maximum atomic E-state index is 12.5. The second kappa shape index (κ2) is 9.01. The summed E-state index contributed by atoms with van der Waals surface area (Å²) in [5.41, 5.74) is 1.54. The molecule has 0 aliphatic rings. The average molecular weight is 404 g/mol. The molecule has 0 bridgehead atoms. The van der Waals surface area contributed by atoms with Crippen LogP contribution >= 0.6 is 0 Å². The van der Waals surface area contributed by atoms with E-state index in [0.29, 0.717) is 5.69 Å². The standard InChI is InChI=1S/C21H25NO5S/c1-5-28(25,26)19-13-9-7-11-17(19)21(24)27-15(4)20(23)22-18-12-8-6-10-16(18)14(2)3/h6-15H,5H2,1-4H3,(H,22,23)/t15-/m1/s1. The van der Waals surface area contributed by atoms with Crippen LogP contribution in [0.1, 0.15) is 49.5 Å². The number of para-hydroxylation sites is 1. The molecule has 1 atom stereocenters. The minimum Gasteiger partial charge on any atom is -0.449 e. The monoisotopic (exact) mass is 403 g/mol. The van der Waals surface area contributed by atoms with Crippen molar-refractivity contribution in [3.8, 4) is 0 Å². The molecule has 0 spiro atoms. The van der Waals surface area contributed by atoms with Crippen LogP contribution < -0.4 is 5.32 Å². The van der Waals surface area contributed by atoms with E-state index in [4.69, 9.17) is 4.74 Å². The van der Waals surface area contributed by atoms with Crippen LogP contribution in [0, 0.1) is 0 Å². The van der Waals surface area contributed by atoms with Gasteiger partial charge in [0.15, 0.2) is 15.9 Å². The fourth-order valence-corrected chi connectivity index (χ4v) is 3.77. The molecule has 2 aromatic rings. The molecule has 1 amide bonds. The van der Waals surface area contributed by atoms with Gasteiger partial charge in [0.05, 0.1) is 16.2 Å². The van der Waals surface area contributed by atoms with Gasteiger partial charge in [-0.15, -0.1) is 0 Å². The first-order valence-corrected chi connectivity index (χ1v) is 10.7. The van der Waals surface area contributed by atoms with E-state index in [-0.39, 0.29) is 22.1 Å². The van der Waals surface area contributed by atoms with Gasteiger partial charge in [-0.25, -0.2) is 13.2 Å². The summed E-state index contributed by atoms with van der Waals surface area (Å²) in [6.45, 7) is 6.97. The smallest absolute Gasteiger partial charge is 0.340 e. The van der Waals surface area contributed by atoms with E-state index in [0.717, 1.165) is 5.56 Å². The largest absolute Gasteiger partial charge is 0.449 e. The zero-order chi connectivity index (χ0) is 20.9. The summed E-state index contributed by atoms with van der Waals surface area (Å²) < 4.78 is 29.6. The van der Waals surface area contributed by atoms with Gasteiger partial charge in [0.25, 0.3) is 5.91 Å². The quantitative estimate of drug-likeness (QED) is 0.711. The summed E-state index contributed by atoms with van der Waals surface area (Å²) in [5.74, 6) is -1.27. The molecule has 0 heterocycles. The molecule has 1 N–H and O–H groups in total. The zero-order valence-electron chi connectivity index (χ0n) is 16.4. The molecular weight excluding hydrogens is 378 g/mol. The summed E-state index contributed by atoms with van der Waals surface area (Å²) in [4.78, 5) is 24.9. The van der Waals surface area contributed by atoms with Crippen molar-refractivity contribution in [3.63, 3.8) is 0 Å². The Morgan fingerprint density at radius 1 is 1.00 bits per heavy atom. The maximum Gasteiger partial charge on any atom is 0.340 e. The molecule has 2 rings (SSSR count). The molecule has 0 unspecified atom stereocenters. The van der Waals surface area contributed by atoms with Crippen molar-refractivity contribution in [2.45, 2.75) is 44.6 Å². The number of amides is 1. The van der Waals surface area contributed by atoms with Gasteiger partial charge in [-0.05, 0) is 36.6 Å². The van der Waals surface area contributed by atoms with Gasteiger partial charge in [-0.1, -0.05) is 51.1 Å². The lowest BCUT2D eigenvalue weighted by molar-refractivity contribution is -0.123. The van der Waals surface area contributed by atoms with E-state index < -0.39 is 27.8 Å². The van der Waals surface area contributed by atoms with Gasteiger partial charge < -0.3 is 10.1 Å². The molecule has 2 aromatic carbocycles. The number of ether oxygens (including phenoxy) is 1. The summed E-state index contributed by atoms with van der Waals surface area (Å²) >= 11 is 0. The molecule has 150 valence electrons. The Morgan fingerprint density at radius 2 is 1.61 bits per heavy atom. The van der Waals surface area contributed by atoms with Crippen molar-refractivity contribution >= 4 is 27.4 Å². The Hall–Kier alpha value is -2.67. The molecule has 7 heteroatoms. The summed E-state index contributed by atoms with van der Waals surface area (Å²) in [6, 6.07) is 13.2. The number of benzene rings is 2. The van der Waals surface area contributed by atoms with E-state index in [1.54, 1.807) is 12.1 Å². The van der Waals surface area contributed by atoms with Gasteiger partial charge >= 0.3 is 5.97 Å². The van der Waals surface area contributed by atoms with Crippen molar-refractivity contribution < 1.29 is 22.7 Å². The van der Waals surface area contributed by atoms with Crippen molar-refractivity contribution in [2.24, 2.45) is 0 Å². The highest BCUT2D eigenvalue weighted by Gasteiger charge is 2.25. The third-order valence-corrected chi connectivity index (χ3v) is 6.10. The molecular formula is C21H25NO5S. The Bertz CT molecular complexity index is 966. The number of carbonyl (C=O) groups is 2. The third-order valence-electron chi connectivity index (χ3n) is 4.32. The van der Waals surface area contributed by atoms with Crippen LogP contribution in [-0.4, -0.2) is 32.2 Å². The van der Waals surface area contributed by atoms with Crippen LogP contribution in [0.4, 0.5) is 5.69 Å². The molecule has 0 aliphatic carbocycles.